The lowest BCUT2D eigenvalue weighted by Crippen LogP contribution is -2.49. The first-order chi connectivity index (χ1) is 11.5. The number of amides is 1. The number of aryl methyl sites for hydroxylation is 1. The monoisotopic (exact) mass is 346 g/mol. The maximum absolute atomic E-state index is 13.9. The molecule has 0 N–H and O–H groups in total. The second-order valence-electron chi connectivity index (χ2n) is 6.12. The van der Waals surface area contributed by atoms with Crippen LogP contribution in [0.15, 0.2) is 36.4 Å². The van der Waals surface area contributed by atoms with Gasteiger partial charge in [0, 0.05) is 36.9 Å². The van der Waals surface area contributed by atoms with E-state index in [1.54, 1.807) is 4.90 Å². The van der Waals surface area contributed by atoms with Crippen molar-refractivity contribution >= 4 is 23.2 Å². The third-order valence-corrected chi connectivity index (χ3v) is 4.88. The Morgan fingerprint density at radius 3 is 2.50 bits per heavy atom. The van der Waals surface area contributed by atoms with E-state index in [9.17, 15) is 9.18 Å². The minimum atomic E-state index is -0.527. The number of benzene rings is 2. The minimum Gasteiger partial charge on any atom is -0.368 e. The van der Waals surface area contributed by atoms with Gasteiger partial charge in [0.15, 0.2) is 0 Å². The molecule has 2 aromatic carbocycles. The van der Waals surface area contributed by atoms with E-state index in [2.05, 4.69) is 36.9 Å². The fourth-order valence-corrected chi connectivity index (χ4v) is 3.23. The maximum Gasteiger partial charge on any atom is 0.257 e. The van der Waals surface area contributed by atoms with Gasteiger partial charge in [-0.05, 0) is 49.2 Å². The van der Waals surface area contributed by atoms with Gasteiger partial charge in [-0.1, -0.05) is 23.7 Å². The quantitative estimate of drug-likeness (QED) is 0.818. The Morgan fingerprint density at radius 1 is 1.08 bits per heavy atom. The number of rotatable bonds is 2. The van der Waals surface area contributed by atoms with Crippen LogP contribution in [0.3, 0.4) is 0 Å². The molecule has 0 bridgehead atoms. The molecular formula is C19H20ClFN2O. The first kappa shape index (κ1) is 16.8. The molecule has 3 nitrogen and oxygen atoms in total. The van der Waals surface area contributed by atoms with Crippen LogP contribution in [-0.2, 0) is 0 Å². The average Bonchev–Trinajstić information content (AvgIpc) is 2.59. The maximum atomic E-state index is 13.9. The highest BCUT2D eigenvalue weighted by Crippen LogP contribution is 2.24. The molecule has 0 unspecified atom stereocenters. The normalized spacial score (nSPS) is 14.8. The molecule has 0 radical (unpaired) electrons. The van der Waals surface area contributed by atoms with Gasteiger partial charge in [-0.15, -0.1) is 0 Å². The highest BCUT2D eigenvalue weighted by molar-refractivity contribution is 6.31. The summed E-state index contributed by atoms with van der Waals surface area (Å²) in [7, 11) is 0. The van der Waals surface area contributed by atoms with Gasteiger partial charge in [0.25, 0.3) is 5.91 Å². The molecule has 24 heavy (non-hydrogen) atoms. The summed E-state index contributed by atoms with van der Waals surface area (Å²) in [6.07, 6.45) is 0. The molecule has 1 fully saturated rings. The van der Waals surface area contributed by atoms with E-state index in [1.165, 1.54) is 35.0 Å². The number of carbonyl (C=O) groups excluding carboxylic acids is 1. The second-order valence-corrected chi connectivity index (χ2v) is 6.56. The van der Waals surface area contributed by atoms with Gasteiger partial charge in [-0.3, -0.25) is 4.79 Å². The average molecular weight is 347 g/mol. The van der Waals surface area contributed by atoms with Gasteiger partial charge in [-0.2, -0.15) is 0 Å². The summed E-state index contributed by atoms with van der Waals surface area (Å²) in [5.74, 6) is -0.822. The summed E-state index contributed by atoms with van der Waals surface area (Å²) >= 11 is 5.89. The van der Waals surface area contributed by atoms with Crippen molar-refractivity contribution in [2.75, 3.05) is 31.1 Å². The van der Waals surface area contributed by atoms with Crippen molar-refractivity contribution in [3.8, 4) is 0 Å². The molecule has 5 heteroatoms. The molecule has 0 spiro atoms. The largest absolute Gasteiger partial charge is 0.368 e. The Morgan fingerprint density at radius 2 is 1.79 bits per heavy atom. The zero-order valence-corrected chi connectivity index (χ0v) is 14.6. The van der Waals surface area contributed by atoms with Crippen molar-refractivity contribution in [3.05, 3.63) is 63.9 Å². The van der Waals surface area contributed by atoms with Crippen LogP contribution in [0.1, 0.15) is 21.5 Å². The summed E-state index contributed by atoms with van der Waals surface area (Å²) in [6.45, 7) is 6.82. The van der Waals surface area contributed by atoms with Crippen LogP contribution in [0.4, 0.5) is 10.1 Å². The van der Waals surface area contributed by atoms with Crippen molar-refractivity contribution in [3.63, 3.8) is 0 Å². The lowest BCUT2D eigenvalue weighted by molar-refractivity contribution is 0.0742. The fraction of sp³-hybridized carbons (Fsp3) is 0.316. The van der Waals surface area contributed by atoms with Gasteiger partial charge < -0.3 is 9.80 Å². The summed E-state index contributed by atoms with van der Waals surface area (Å²) < 4.78 is 13.9. The summed E-state index contributed by atoms with van der Waals surface area (Å²) in [5, 5.41) is 0.369. The predicted octanol–water partition coefficient (Wildman–Crippen LogP) is 4.06. The SMILES string of the molecule is Cc1cccc(N2CCN(C(=O)c3cc(Cl)ccc3F)CC2)c1C. The summed E-state index contributed by atoms with van der Waals surface area (Å²) in [6, 6.07) is 10.3. The van der Waals surface area contributed by atoms with Crippen molar-refractivity contribution in [2.45, 2.75) is 13.8 Å². The van der Waals surface area contributed by atoms with Crippen LogP contribution < -0.4 is 4.90 Å². The minimum absolute atomic E-state index is 0.0442. The lowest BCUT2D eigenvalue weighted by atomic mass is 10.1. The van der Waals surface area contributed by atoms with Gasteiger partial charge in [0.2, 0.25) is 0 Å². The molecule has 0 aromatic heterocycles. The molecule has 126 valence electrons. The van der Waals surface area contributed by atoms with Gasteiger partial charge in [0.1, 0.15) is 5.82 Å². The summed E-state index contributed by atoms with van der Waals surface area (Å²) in [5.41, 5.74) is 3.77. The zero-order chi connectivity index (χ0) is 17.3. The van der Waals surface area contributed by atoms with Crippen molar-refractivity contribution < 1.29 is 9.18 Å². The van der Waals surface area contributed by atoms with Crippen molar-refractivity contribution in [2.24, 2.45) is 0 Å². The van der Waals surface area contributed by atoms with Crippen LogP contribution in [0.25, 0.3) is 0 Å². The number of nitrogens with zero attached hydrogens (tertiary/aromatic N) is 2. The van der Waals surface area contributed by atoms with Gasteiger partial charge >= 0.3 is 0 Å². The van der Waals surface area contributed by atoms with Crippen LogP contribution in [0, 0.1) is 19.7 Å². The van der Waals surface area contributed by atoms with E-state index in [-0.39, 0.29) is 11.5 Å². The first-order valence-corrected chi connectivity index (χ1v) is 8.40. The van der Waals surface area contributed by atoms with E-state index >= 15 is 0 Å². The van der Waals surface area contributed by atoms with E-state index in [0.717, 1.165) is 13.1 Å². The third kappa shape index (κ3) is 3.24. The van der Waals surface area contributed by atoms with Crippen LogP contribution in [-0.4, -0.2) is 37.0 Å². The molecule has 2 aromatic rings. The van der Waals surface area contributed by atoms with Crippen LogP contribution in [0.5, 0.6) is 0 Å². The van der Waals surface area contributed by atoms with Crippen molar-refractivity contribution in [1.82, 2.24) is 4.90 Å². The topological polar surface area (TPSA) is 23.6 Å². The summed E-state index contributed by atoms with van der Waals surface area (Å²) in [4.78, 5) is 16.5. The van der Waals surface area contributed by atoms with E-state index < -0.39 is 5.82 Å². The standard InChI is InChI=1S/C19H20ClFN2O/c1-13-4-3-5-18(14(13)2)22-8-10-23(11-9-22)19(24)16-12-15(20)6-7-17(16)21/h3-7,12H,8-11H2,1-2H3. The zero-order valence-electron chi connectivity index (χ0n) is 13.9. The smallest absolute Gasteiger partial charge is 0.257 e. The molecule has 1 heterocycles. The van der Waals surface area contributed by atoms with Gasteiger partial charge in [0.05, 0.1) is 5.56 Å². The molecule has 0 aliphatic carbocycles. The Hall–Kier alpha value is -2.07. The fourth-order valence-electron chi connectivity index (χ4n) is 3.06. The van der Waals surface area contributed by atoms with E-state index in [1.807, 2.05) is 0 Å². The number of hydrogen-bond donors (Lipinski definition) is 0. The number of piperazine rings is 1. The number of hydrogen-bond acceptors (Lipinski definition) is 2. The van der Waals surface area contributed by atoms with Crippen molar-refractivity contribution in [1.29, 1.82) is 0 Å². The van der Waals surface area contributed by atoms with E-state index in [0.29, 0.717) is 18.1 Å². The molecule has 1 saturated heterocycles. The number of carbonyl (C=O) groups is 1. The van der Waals surface area contributed by atoms with E-state index in [4.69, 9.17) is 11.6 Å². The second kappa shape index (κ2) is 6.81. The molecule has 1 aliphatic heterocycles. The molecular weight excluding hydrogens is 327 g/mol. The predicted molar refractivity (Wildman–Crippen MR) is 95.4 cm³/mol. The molecule has 0 saturated carbocycles. The number of halogens is 2. The Bertz CT molecular complexity index is 770. The van der Waals surface area contributed by atoms with Crippen LogP contribution >= 0.6 is 11.6 Å². The Balaban J connectivity index is 1.72. The van der Waals surface area contributed by atoms with Gasteiger partial charge in [-0.25, -0.2) is 4.39 Å². The molecule has 3 rings (SSSR count). The van der Waals surface area contributed by atoms with Crippen LogP contribution in [0.2, 0.25) is 5.02 Å². The molecule has 1 aliphatic rings. The molecule has 1 amide bonds. The lowest BCUT2D eigenvalue weighted by Gasteiger charge is -2.37. The third-order valence-electron chi connectivity index (χ3n) is 4.64. The highest BCUT2D eigenvalue weighted by atomic mass is 35.5. The number of anilines is 1. The molecule has 0 atom stereocenters. The Labute approximate surface area is 146 Å². The highest BCUT2D eigenvalue weighted by Gasteiger charge is 2.25. The first-order valence-electron chi connectivity index (χ1n) is 8.03. The Kier molecular flexibility index (Phi) is 4.76.